The summed E-state index contributed by atoms with van der Waals surface area (Å²) in [4.78, 5) is 137. The molecule has 0 spiro atoms. The minimum absolute atomic E-state index is 0. The van der Waals surface area contributed by atoms with Gasteiger partial charge in [-0.3, -0.25) is 54.3 Å². The van der Waals surface area contributed by atoms with E-state index in [2.05, 4.69) is 66.0 Å². The molecule has 6 fully saturated rings. The molecule has 576 valence electrons. The molecule has 8 aromatic rings. The van der Waals surface area contributed by atoms with Gasteiger partial charge in [0.05, 0.1) is 35.8 Å². The minimum atomic E-state index is -1.17. The number of urea groups is 2. The number of pyridine rings is 3. The molecular formula is C78H90Cl3N15O13. The van der Waals surface area contributed by atoms with Gasteiger partial charge in [-0.2, -0.15) is 5.10 Å². The second-order valence-electron chi connectivity index (χ2n) is 28.2. The van der Waals surface area contributed by atoms with E-state index < -0.39 is 12.0 Å². The maximum atomic E-state index is 13.9. The molecule has 28 nitrogen and oxygen atoms in total. The number of aromatic carboxylic acids is 1. The molecule has 4 aromatic carbocycles. The van der Waals surface area contributed by atoms with Gasteiger partial charge in [-0.1, -0.05) is 47.5 Å². The van der Waals surface area contributed by atoms with Crippen molar-refractivity contribution in [2.45, 2.75) is 113 Å². The van der Waals surface area contributed by atoms with Crippen LogP contribution in [0.2, 0.25) is 10.0 Å². The van der Waals surface area contributed by atoms with Gasteiger partial charge in [-0.15, -0.1) is 12.4 Å². The highest BCUT2D eigenvalue weighted by atomic mass is 35.5. The van der Waals surface area contributed by atoms with Crippen molar-refractivity contribution in [2.24, 2.45) is 14.1 Å². The first-order valence-corrected chi connectivity index (χ1v) is 37.1. The number of piperidine rings is 6. The number of amides is 9. The van der Waals surface area contributed by atoms with Gasteiger partial charge in [0.15, 0.2) is 0 Å². The lowest BCUT2D eigenvalue weighted by molar-refractivity contribution is -0.135. The van der Waals surface area contributed by atoms with Crippen molar-refractivity contribution in [1.29, 1.82) is 0 Å². The summed E-state index contributed by atoms with van der Waals surface area (Å²) in [7, 11) is 9.97. The number of benzene rings is 4. The highest BCUT2D eigenvalue weighted by Gasteiger charge is 2.36. The Balaban J connectivity index is 0.000000180. The van der Waals surface area contributed by atoms with Gasteiger partial charge in [-0.05, 0) is 171 Å². The van der Waals surface area contributed by atoms with Crippen LogP contribution in [0.5, 0.6) is 11.5 Å². The van der Waals surface area contributed by atoms with Gasteiger partial charge < -0.3 is 64.2 Å². The number of carbonyl (C=O) groups excluding carboxylic acids is 7. The molecule has 0 saturated carbocycles. The smallest absolute Gasteiger partial charge is 0.341 e. The Hall–Kier alpha value is -10.6. The number of fused-ring (bicyclic) bond motifs is 2. The standard InChI is InChI=1S/C40H44ClN7O6.C23H33N5O3.C15H12ClN3O4.ClH/c1-45-23-31(29-10-15-42-22-30(29)38(45)51)26-20-32(41)36(34(21-26)54-3)39(52)47-18-13-28(14-19-47)46(2)40(53)48-16-11-25(12-17-48)24-4-6-27(7-5-24)43-33-8-9-35(49)44-37(33)50;1-27(19-8-12-24-13-9-19)23(31)28-14-10-17(11-15-28)16-2-4-18(5-3-16)25-20-6-7-21(29)26-22(20)30;1-19-6-9(8-5-17-18-13(8)14(19)20)7-3-10(16)12(15(21)22)11(4-7)23-2;/h4-7,10,15,20-23,25,28,33,43H,8-9,11-14,16-19H2,1-3H3,(H,44,49,50);2-5,17,19-20,24-25H,6-15H2,1H3,(H,26,29,30);3-6H,1-2H3,(H,17,18)(H,21,22);1H. The third-order valence-corrected chi connectivity index (χ3v) is 22.2. The van der Waals surface area contributed by atoms with Crippen molar-refractivity contribution in [1.82, 2.24) is 64.8 Å². The summed E-state index contributed by atoms with van der Waals surface area (Å²) in [5.74, 6) is -1.14. The van der Waals surface area contributed by atoms with Gasteiger partial charge >= 0.3 is 18.0 Å². The van der Waals surface area contributed by atoms with Crippen LogP contribution in [0.1, 0.15) is 121 Å². The molecule has 6 saturated heterocycles. The van der Waals surface area contributed by atoms with Crippen LogP contribution in [0.4, 0.5) is 21.0 Å². The molecule has 2 unspecified atom stereocenters. The average molecular weight is 1550 g/mol. The molecule has 109 heavy (non-hydrogen) atoms. The normalized spacial score (nSPS) is 18.1. The molecule has 0 bridgehead atoms. The number of aromatic nitrogens is 5. The van der Waals surface area contributed by atoms with E-state index >= 15 is 0 Å². The molecule has 7 N–H and O–H groups in total. The molecule has 14 rings (SSSR count). The number of carboxylic acid groups (broad SMARTS) is 1. The SMILES string of the molecule is CN(C(=O)N1CCC(c2ccc(NC3CCC(=O)NC3=O)cc2)CC1)C1CCNCC1.COc1cc(-c2cn(C)c(=O)c3[nH]ncc23)cc(Cl)c1C(=O)O.COc1cc(-c2cn(C)c(=O)c3cnccc23)cc(Cl)c1C(=O)N1CCC(N(C)C(=O)N2CCC(c3ccc(NC4CCC(=O)NC4=O)cc3)CC2)CC1.Cl. The largest absolute Gasteiger partial charge is 0.496 e. The first-order valence-electron chi connectivity index (χ1n) is 36.4. The van der Waals surface area contributed by atoms with Crippen LogP contribution < -0.4 is 47.2 Å². The van der Waals surface area contributed by atoms with E-state index in [0.29, 0.717) is 121 Å². The fourth-order valence-corrected chi connectivity index (χ4v) is 15.9. The van der Waals surface area contributed by atoms with Crippen molar-refractivity contribution < 1.29 is 52.9 Å². The Morgan fingerprint density at radius 1 is 0.550 bits per heavy atom. The lowest BCUT2D eigenvalue weighted by Crippen LogP contribution is -2.52. The Morgan fingerprint density at radius 2 is 1.00 bits per heavy atom. The number of nitrogens with one attached hydrogen (secondary N) is 6. The Morgan fingerprint density at radius 3 is 1.48 bits per heavy atom. The lowest BCUT2D eigenvalue weighted by Gasteiger charge is -2.40. The van der Waals surface area contributed by atoms with Crippen molar-refractivity contribution in [3.05, 3.63) is 163 Å². The number of carbonyl (C=O) groups is 8. The quantitative estimate of drug-likeness (QED) is 0.0498. The van der Waals surface area contributed by atoms with E-state index in [4.69, 9.17) is 32.7 Å². The summed E-state index contributed by atoms with van der Waals surface area (Å²) < 4.78 is 13.8. The topological polar surface area (TPSA) is 337 Å². The number of likely N-dealkylation sites (tertiary alicyclic amines) is 3. The highest BCUT2D eigenvalue weighted by Crippen LogP contribution is 2.40. The second kappa shape index (κ2) is 35.2. The number of carboxylic acids is 1. The van der Waals surface area contributed by atoms with Crippen LogP contribution in [-0.2, 0) is 33.3 Å². The number of methoxy groups -OCH3 is 2. The second-order valence-corrected chi connectivity index (χ2v) is 29.0. The summed E-state index contributed by atoms with van der Waals surface area (Å²) in [6, 6.07) is 24.4. The molecule has 10 heterocycles. The Labute approximate surface area is 645 Å². The summed E-state index contributed by atoms with van der Waals surface area (Å²) in [6.45, 7) is 5.79. The molecule has 4 aromatic heterocycles. The molecule has 6 aliphatic rings. The third kappa shape index (κ3) is 17.9. The number of halogens is 3. The number of hydrogen-bond donors (Lipinski definition) is 7. The zero-order valence-electron chi connectivity index (χ0n) is 61.5. The summed E-state index contributed by atoms with van der Waals surface area (Å²) in [5.41, 5.74) is 7.15. The van der Waals surface area contributed by atoms with E-state index in [1.54, 1.807) is 68.0 Å². The number of anilines is 2. The molecule has 9 amide bonds. The lowest BCUT2D eigenvalue weighted by atomic mass is 9.89. The van der Waals surface area contributed by atoms with E-state index in [1.807, 2.05) is 58.0 Å². The van der Waals surface area contributed by atoms with Gasteiger partial charge in [-0.25, -0.2) is 14.4 Å². The van der Waals surface area contributed by atoms with Crippen molar-refractivity contribution in [2.75, 3.05) is 91.3 Å². The van der Waals surface area contributed by atoms with Gasteiger partial charge in [0, 0.05) is 145 Å². The number of imide groups is 2. The van der Waals surface area contributed by atoms with Crippen molar-refractivity contribution in [3.8, 4) is 33.8 Å². The average Bonchev–Trinajstić information content (AvgIpc) is 1.74. The summed E-state index contributed by atoms with van der Waals surface area (Å²) in [6.07, 6.45) is 16.7. The molecule has 2 atom stereocenters. The predicted octanol–water partition coefficient (Wildman–Crippen LogP) is 9.61. The summed E-state index contributed by atoms with van der Waals surface area (Å²) in [5, 5.41) is 32.5. The minimum Gasteiger partial charge on any atom is -0.496 e. The zero-order chi connectivity index (χ0) is 76.6. The summed E-state index contributed by atoms with van der Waals surface area (Å²) >= 11 is 12.9. The van der Waals surface area contributed by atoms with E-state index in [-0.39, 0.29) is 104 Å². The Kier molecular flexibility index (Phi) is 25.7. The van der Waals surface area contributed by atoms with Gasteiger partial charge in [0.1, 0.15) is 40.2 Å². The van der Waals surface area contributed by atoms with Crippen LogP contribution in [-0.4, -0.2) is 206 Å². The number of aryl methyl sites for hydroxylation is 2. The van der Waals surface area contributed by atoms with Crippen molar-refractivity contribution >= 4 is 116 Å². The molecule has 0 radical (unpaired) electrons. The van der Waals surface area contributed by atoms with E-state index in [9.17, 15) is 53.1 Å². The molecule has 6 aliphatic heterocycles. The third-order valence-electron chi connectivity index (χ3n) is 21.6. The highest BCUT2D eigenvalue weighted by molar-refractivity contribution is 6.35. The monoisotopic (exact) mass is 1550 g/mol. The number of H-pyrrole nitrogens is 1. The number of nitrogens with zero attached hydrogens (tertiary/aromatic N) is 9. The predicted molar refractivity (Wildman–Crippen MR) is 417 cm³/mol. The van der Waals surface area contributed by atoms with Gasteiger partial charge in [0.25, 0.3) is 17.0 Å². The molecule has 0 aliphatic carbocycles. The number of ether oxygens (including phenoxy) is 2. The van der Waals surface area contributed by atoms with E-state index in [0.717, 1.165) is 87.0 Å². The van der Waals surface area contributed by atoms with E-state index in [1.165, 1.54) is 46.7 Å². The molecule has 31 heteroatoms. The maximum Gasteiger partial charge on any atom is 0.341 e. The first kappa shape index (κ1) is 79.5. The zero-order valence-corrected chi connectivity index (χ0v) is 63.9. The van der Waals surface area contributed by atoms with Crippen LogP contribution in [0.15, 0.2) is 119 Å². The van der Waals surface area contributed by atoms with Gasteiger partial charge in [0.2, 0.25) is 23.6 Å². The Bertz CT molecular complexity index is 4850. The number of aromatic amines is 1. The number of rotatable bonds is 14. The maximum absolute atomic E-state index is 13.9. The van der Waals surface area contributed by atoms with Crippen molar-refractivity contribution in [3.63, 3.8) is 0 Å². The van der Waals surface area contributed by atoms with Crippen LogP contribution in [0.25, 0.3) is 43.9 Å². The first-order chi connectivity index (χ1) is 52.0. The fourth-order valence-electron chi connectivity index (χ4n) is 15.3. The van der Waals surface area contributed by atoms with Crippen LogP contribution >= 0.6 is 35.6 Å². The number of hydrogen-bond acceptors (Lipinski definition) is 17. The van der Waals surface area contributed by atoms with Crippen LogP contribution in [0.3, 0.4) is 0 Å². The van der Waals surface area contributed by atoms with Crippen LogP contribution in [0, 0.1) is 0 Å². The molecular weight excluding hydrogens is 1460 g/mol. The fraction of sp³-hybridized carbons (Fsp3) is 0.410.